The zero-order valence-electron chi connectivity index (χ0n) is 11.2. The summed E-state index contributed by atoms with van der Waals surface area (Å²) in [5, 5.41) is 0. The lowest BCUT2D eigenvalue weighted by atomic mass is 10.1. The Labute approximate surface area is 121 Å². The molecule has 0 heterocycles. The predicted molar refractivity (Wildman–Crippen MR) is 75.3 cm³/mol. The molecule has 1 aromatic rings. The number of carbonyl (C=O) groups excluding carboxylic acids is 1. The molecule has 5 nitrogen and oxygen atoms in total. The maximum absolute atomic E-state index is 12.5. The molecule has 0 radical (unpaired) electrons. The van der Waals surface area contributed by atoms with Gasteiger partial charge in [-0.25, -0.2) is 13.2 Å². The number of methoxy groups -OCH3 is 1. The van der Waals surface area contributed by atoms with E-state index in [2.05, 4.69) is 20.7 Å². The van der Waals surface area contributed by atoms with Crippen molar-refractivity contribution in [2.45, 2.75) is 31.2 Å². The normalized spacial score (nSPS) is 12.1. The van der Waals surface area contributed by atoms with E-state index in [0.29, 0.717) is 4.47 Å². The lowest BCUT2D eigenvalue weighted by Gasteiger charge is -2.33. The highest BCUT2D eigenvalue weighted by molar-refractivity contribution is 9.10. The maximum atomic E-state index is 12.5. The molecular weight excluding hydrogens is 334 g/mol. The van der Waals surface area contributed by atoms with E-state index in [-0.39, 0.29) is 4.90 Å². The quantitative estimate of drug-likeness (QED) is 0.823. The average molecular weight is 350 g/mol. The SMILES string of the molecule is COC(=O)N(C(C)(C)C)S(=O)(=O)c1cccc(Br)c1. The molecule has 0 atom stereocenters. The van der Waals surface area contributed by atoms with E-state index in [1.165, 1.54) is 12.1 Å². The largest absolute Gasteiger partial charge is 0.452 e. The van der Waals surface area contributed by atoms with E-state index in [4.69, 9.17) is 0 Å². The van der Waals surface area contributed by atoms with E-state index >= 15 is 0 Å². The number of amides is 1. The molecule has 19 heavy (non-hydrogen) atoms. The summed E-state index contributed by atoms with van der Waals surface area (Å²) < 4.78 is 31.0. The van der Waals surface area contributed by atoms with Crippen LogP contribution in [0.25, 0.3) is 0 Å². The number of benzene rings is 1. The molecule has 0 saturated heterocycles. The molecule has 0 unspecified atom stereocenters. The van der Waals surface area contributed by atoms with Gasteiger partial charge in [-0.1, -0.05) is 22.0 Å². The minimum Gasteiger partial charge on any atom is -0.452 e. The summed E-state index contributed by atoms with van der Waals surface area (Å²) in [4.78, 5) is 11.8. The van der Waals surface area contributed by atoms with Crippen LogP contribution in [-0.4, -0.2) is 31.5 Å². The maximum Gasteiger partial charge on any atom is 0.424 e. The summed E-state index contributed by atoms with van der Waals surface area (Å²) in [6, 6.07) is 6.17. The van der Waals surface area contributed by atoms with Gasteiger partial charge in [-0.2, -0.15) is 4.31 Å². The van der Waals surface area contributed by atoms with Gasteiger partial charge in [-0.05, 0) is 39.0 Å². The third kappa shape index (κ3) is 3.48. The second-order valence-corrected chi connectivity index (χ2v) is 7.57. The summed E-state index contributed by atoms with van der Waals surface area (Å²) in [5.74, 6) is 0. The van der Waals surface area contributed by atoms with Crippen molar-refractivity contribution in [2.24, 2.45) is 0 Å². The van der Waals surface area contributed by atoms with Gasteiger partial charge in [0.25, 0.3) is 10.0 Å². The first kappa shape index (κ1) is 16.0. The monoisotopic (exact) mass is 349 g/mol. The summed E-state index contributed by atoms with van der Waals surface area (Å²) in [5.41, 5.74) is -0.922. The first-order valence-corrected chi connectivity index (χ1v) is 7.73. The van der Waals surface area contributed by atoms with E-state index in [0.717, 1.165) is 11.4 Å². The van der Waals surface area contributed by atoms with Crippen LogP contribution in [-0.2, 0) is 14.8 Å². The van der Waals surface area contributed by atoms with Crippen LogP contribution >= 0.6 is 15.9 Å². The molecule has 0 aliphatic rings. The molecule has 1 aromatic carbocycles. The highest BCUT2D eigenvalue weighted by Crippen LogP contribution is 2.26. The Bertz CT molecular complexity index is 578. The van der Waals surface area contributed by atoms with Crippen LogP contribution in [0, 0.1) is 0 Å². The number of ether oxygens (including phenoxy) is 1. The van der Waals surface area contributed by atoms with Crippen LogP contribution < -0.4 is 0 Å². The van der Waals surface area contributed by atoms with Crippen LogP contribution in [0.5, 0.6) is 0 Å². The minimum absolute atomic E-state index is 0.0298. The summed E-state index contributed by atoms with van der Waals surface area (Å²) in [6.07, 6.45) is -0.910. The minimum atomic E-state index is -3.96. The van der Waals surface area contributed by atoms with Gasteiger partial charge in [0, 0.05) is 4.47 Å². The molecule has 0 spiro atoms. The van der Waals surface area contributed by atoms with Gasteiger partial charge in [0.1, 0.15) is 0 Å². The Balaban J connectivity index is 3.41. The van der Waals surface area contributed by atoms with Crippen LogP contribution in [0.3, 0.4) is 0 Å². The molecule has 0 saturated carbocycles. The van der Waals surface area contributed by atoms with E-state index in [1.807, 2.05) is 0 Å². The van der Waals surface area contributed by atoms with E-state index in [9.17, 15) is 13.2 Å². The molecule has 0 fully saturated rings. The van der Waals surface area contributed by atoms with Crippen molar-refractivity contribution >= 4 is 32.0 Å². The zero-order valence-corrected chi connectivity index (χ0v) is 13.6. The van der Waals surface area contributed by atoms with Gasteiger partial charge in [-0.3, -0.25) is 0 Å². The Morgan fingerprint density at radius 3 is 2.32 bits per heavy atom. The number of nitrogens with zero attached hydrogens (tertiary/aromatic N) is 1. The van der Waals surface area contributed by atoms with Crippen molar-refractivity contribution in [2.75, 3.05) is 7.11 Å². The molecule has 0 aromatic heterocycles. The van der Waals surface area contributed by atoms with Crippen LogP contribution in [0.2, 0.25) is 0 Å². The molecule has 106 valence electrons. The van der Waals surface area contributed by atoms with Gasteiger partial charge in [0.15, 0.2) is 0 Å². The topological polar surface area (TPSA) is 63.7 Å². The molecule has 0 bridgehead atoms. The number of hydrogen-bond donors (Lipinski definition) is 0. The van der Waals surface area contributed by atoms with Crippen molar-refractivity contribution in [1.29, 1.82) is 0 Å². The van der Waals surface area contributed by atoms with Gasteiger partial charge in [-0.15, -0.1) is 0 Å². The van der Waals surface area contributed by atoms with Crippen molar-refractivity contribution in [3.63, 3.8) is 0 Å². The Kier molecular flexibility index (Phi) is 4.63. The van der Waals surface area contributed by atoms with Gasteiger partial charge < -0.3 is 4.74 Å². The smallest absolute Gasteiger partial charge is 0.424 e. The standard InChI is InChI=1S/C12H16BrNO4S/c1-12(2,3)14(11(15)18-4)19(16,17)10-7-5-6-9(13)8-10/h5-8H,1-4H3. The fraction of sp³-hybridized carbons (Fsp3) is 0.417. The predicted octanol–water partition coefficient (Wildman–Crippen LogP) is 3.00. The first-order valence-electron chi connectivity index (χ1n) is 5.49. The van der Waals surface area contributed by atoms with E-state index < -0.39 is 21.7 Å². The number of carbonyl (C=O) groups is 1. The van der Waals surface area contributed by atoms with Crippen molar-refractivity contribution in [3.05, 3.63) is 28.7 Å². The molecule has 1 amide bonds. The van der Waals surface area contributed by atoms with Crippen molar-refractivity contribution in [3.8, 4) is 0 Å². The number of halogens is 1. The molecule has 7 heteroatoms. The second-order valence-electron chi connectivity index (χ2n) is 4.87. The van der Waals surface area contributed by atoms with Crippen LogP contribution in [0.4, 0.5) is 4.79 Å². The lowest BCUT2D eigenvalue weighted by Crippen LogP contribution is -2.49. The Morgan fingerprint density at radius 2 is 1.89 bits per heavy atom. The average Bonchev–Trinajstić information content (AvgIpc) is 2.26. The van der Waals surface area contributed by atoms with Gasteiger partial charge >= 0.3 is 6.09 Å². The molecule has 1 rings (SSSR count). The van der Waals surface area contributed by atoms with Crippen LogP contribution in [0.1, 0.15) is 20.8 Å². The fourth-order valence-corrected chi connectivity index (χ4v) is 3.83. The highest BCUT2D eigenvalue weighted by Gasteiger charge is 2.39. The Morgan fingerprint density at radius 1 is 1.32 bits per heavy atom. The first-order chi connectivity index (χ1) is 8.60. The summed E-state index contributed by atoms with van der Waals surface area (Å²) >= 11 is 3.21. The van der Waals surface area contributed by atoms with Gasteiger partial charge in [0.2, 0.25) is 0 Å². The fourth-order valence-electron chi connectivity index (χ4n) is 1.55. The summed E-state index contributed by atoms with van der Waals surface area (Å²) in [7, 11) is -2.81. The van der Waals surface area contributed by atoms with Gasteiger partial charge in [0.05, 0.1) is 17.5 Å². The third-order valence-corrected chi connectivity index (χ3v) is 4.80. The second kappa shape index (κ2) is 5.50. The molecule has 0 aliphatic heterocycles. The third-order valence-electron chi connectivity index (χ3n) is 2.28. The lowest BCUT2D eigenvalue weighted by molar-refractivity contribution is 0.125. The number of rotatable bonds is 2. The highest BCUT2D eigenvalue weighted by atomic mass is 79.9. The van der Waals surface area contributed by atoms with E-state index in [1.54, 1.807) is 32.9 Å². The summed E-state index contributed by atoms with van der Waals surface area (Å²) in [6.45, 7) is 4.87. The zero-order chi connectivity index (χ0) is 14.8. The molecular formula is C12H16BrNO4S. The number of sulfonamides is 1. The number of hydrogen-bond acceptors (Lipinski definition) is 4. The molecule has 0 aliphatic carbocycles. The Hall–Kier alpha value is -1.08. The molecule has 0 N–H and O–H groups in total. The van der Waals surface area contributed by atoms with Crippen molar-refractivity contribution in [1.82, 2.24) is 4.31 Å². The van der Waals surface area contributed by atoms with Crippen LogP contribution in [0.15, 0.2) is 33.6 Å². The van der Waals surface area contributed by atoms with Crippen molar-refractivity contribution < 1.29 is 17.9 Å².